The van der Waals surface area contributed by atoms with Crippen LogP contribution in [0.15, 0.2) is 89.4 Å². The lowest BCUT2D eigenvalue weighted by molar-refractivity contribution is 1.04. The molecule has 7 aromatic carbocycles. The first-order valence-corrected chi connectivity index (χ1v) is 13.3. The number of hydrogen-bond acceptors (Lipinski definition) is 0. The molecule has 7 aromatic rings. The Morgan fingerprint density at radius 1 is 0.500 bits per heavy atom. The predicted octanol–water partition coefficient (Wildman–Crippen LogP) is 9.49. The lowest BCUT2D eigenvalue weighted by atomic mass is 9.93. The molecule has 0 N–H and O–H groups in total. The predicted molar refractivity (Wildman–Crippen MR) is 154 cm³/mol. The van der Waals surface area contributed by atoms with Crippen LogP contribution >= 0.6 is 31.9 Å². The van der Waals surface area contributed by atoms with E-state index in [4.69, 9.17) is 0 Å². The Kier molecular flexibility index (Phi) is 3.88. The average Bonchev–Trinajstić information content (AvgIpc) is 3.37. The van der Waals surface area contributed by atoms with Gasteiger partial charge in [-0.1, -0.05) is 105 Å². The summed E-state index contributed by atoms with van der Waals surface area (Å²) in [5, 5.41) is 15.1. The summed E-state index contributed by atoms with van der Waals surface area (Å²) in [6.45, 7) is 0. The van der Waals surface area contributed by atoms with Gasteiger partial charge in [-0.25, -0.2) is 0 Å². The van der Waals surface area contributed by atoms with Crippen molar-refractivity contribution in [1.29, 1.82) is 0 Å². The zero-order valence-corrected chi connectivity index (χ0v) is 21.4. The van der Waals surface area contributed by atoms with E-state index in [0.29, 0.717) is 0 Å². The average molecular weight is 562 g/mol. The molecule has 0 fully saturated rings. The van der Waals surface area contributed by atoms with Crippen LogP contribution in [0.25, 0.3) is 69.5 Å². The molecule has 1 aliphatic rings. The van der Waals surface area contributed by atoms with Gasteiger partial charge in [0.05, 0.1) is 0 Å². The van der Waals surface area contributed by atoms with Crippen molar-refractivity contribution >= 4 is 90.2 Å². The summed E-state index contributed by atoms with van der Waals surface area (Å²) in [7, 11) is 0. The zero-order chi connectivity index (χ0) is 22.6. The van der Waals surface area contributed by atoms with Crippen LogP contribution in [-0.2, 0) is 6.42 Å². The summed E-state index contributed by atoms with van der Waals surface area (Å²) in [5.74, 6) is 0. The van der Waals surface area contributed by atoms with E-state index in [9.17, 15) is 0 Å². The second-order valence-electron chi connectivity index (χ2n) is 9.40. The lowest BCUT2D eigenvalue weighted by Crippen LogP contribution is -2.10. The van der Waals surface area contributed by atoms with Gasteiger partial charge in [0, 0.05) is 8.96 Å². The summed E-state index contributed by atoms with van der Waals surface area (Å²) in [6, 6.07) is 31.6. The maximum Gasteiger partial charge on any atom is 0.0254 e. The molecule has 0 amide bonds. The standard InChI is InChI=1S/C32H18Br2/c33-26-14-12-18-24-16-25-19-13-15-27(34)21-9-5-11-23(30(19)21)32(25)28(17-6-2-1-3-7-17)31(24)22-10-4-8-20(26)29(18)22/h1-12,14,16H,13,15H2. The van der Waals surface area contributed by atoms with E-state index in [1.807, 2.05) is 0 Å². The highest BCUT2D eigenvalue weighted by atomic mass is 79.9. The molecule has 8 rings (SSSR count). The second-order valence-corrected chi connectivity index (χ2v) is 11.2. The number of aryl methyl sites for hydroxylation is 1. The van der Waals surface area contributed by atoms with Crippen LogP contribution in [0.4, 0.5) is 0 Å². The highest BCUT2D eigenvalue weighted by Crippen LogP contribution is 2.50. The SMILES string of the molecule is BrC1=c2cccc3c2c(c2cc4c5ccc(Br)c6cccc(c4c(-c4ccccc4)c23)c65)CC1. The topological polar surface area (TPSA) is 0 Å². The van der Waals surface area contributed by atoms with E-state index in [-0.39, 0.29) is 0 Å². The molecule has 0 unspecified atom stereocenters. The van der Waals surface area contributed by atoms with Crippen LogP contribution in [0.2, 0.25) is 0 Å². The van der Waals surface area contributed by atoms with Crippen molar-refractivity contribution in [3.8, 4) is 11.1 Å². The van der Waals surface area contributed by atoms with Crippen molar-refractivity contribution in [3.63, 3.8) is 0 Å². The van der Waals surface area contributed by atoms with E-state index in [1.54, 1.807) is 0 Å². The molecule has 0 aromatic heterocycles. The molecule has 0 heterocycles. The van der Waals surface area contributed by atoms with Crippen LogP contribution in [-0.4, -0.2) is 0 Å². The van der Waals surface area contributed by atoms with Crippen LogP contribution in [0.3, 0.4) is 0 Å². The lowest BCUT2D eigenvalue weighted by Gasteiger charge is -2.11. The molecule has 0 atom stereocenters. The highest BCUT2D eigenvalue weighted by molar-refractivity contribution is 9.14. The summed E-state index contributed by atoms with van der Waals surface area (Å²) in [5.41, 5.74) is 4.17. The summed E-state index contributed by atoms with van der Waals surface area (Å²) < 4.78 is 2.49. The Morgan fingerprint density at radius 3 is 2.09 bits per heavy atom. The monoisotopic (exact) mass is 560 g/mol. The first-order chi connectivity index (χ1) is 16.7. The van der Waals surface area contributed by atoms with Gasteiger partial charge < -0.3 is 0 Å². The van der Waals surface area contributed by atoms with Crippen molar-refractivity contribution in [2.75, 3.05) is 0 Å². The second kappa shape index (κ2) is 6.81. The van der Waals surface area contributed by atoms with Crippen molar-refractivity contribution in [2.24, 2.45) is 0 Å². The first kappa shape index (κ1) is 19.4. The molecular formula is C32H18Br2. The zero-order valence-electron chi connectivity index (χ0n) is 18.3. The summed E-state index contributed by atoms with van der Waals surface area (Å²) >= 11 is 7.69. The number of halogens is 2. The molecule has 2 heteroatoms. The molecule has 0 aliphatic heterocycles. The summed E-state index contributed by atoms with van der Waals surface area (Å²) in [6.07, 6.45) is 2.14. The van der Waals surface area contributed by atoms with Crippen LogP contribution in [0, 0.1) is 0 Å². The van der Waals surface area contributed by atoms with Gasteiger partial charge in [-0.15, -0.1) is 0 Å². The van der Waals surface area contributed by atoms with Gasteiger partial charge in [0.2, 0.25) is 0 Å². The van der Waals surface area contributed by atoms with Gasteiger partial charge >= 0.3 is 0 Å². The minimum atomic E-state index is 1.06. The molecule has 1 aliphatic carbocycles. The van der Waals surface area contributed by atoms with Crippen LogP contribution < -0.4 is 5.22 Å². The van der Waals surface area contributed by atoms with Gasteiger partial charge in [0.25, 0.3) is 0 Å². The number of hydrogen-bond donors (Lipinski definition) is 0. The molecule has 160 valence electrons. The maximum absolute atomic E-state index is 3.89. The molecule has 0 saturated carbocycles. The molecule has 0 radical (unpaired) electrons. The van der Waals surface area contributed by atoms with Gasteiger partial charge in [-0.3, -0.25) is 0 Å². The largest absolute Gasteiger partial charge is 0.0622 e. The fraction of sp³-hybridized carbons (Fsp3) is 0.0625. The van der Waals surface area contributed by atoms with Crippen molar-refractivity contribution in [3.05, 3.63) is 100 Å². The highest BCUT2D eigenvalue weighted by Gasteiger charge is 2.25. The third kappa shape index (κ3) is 2.33. The Morgan fingerprint density at radius 2 is 1.24 bits per heavy atom. The smallest absolute Gasteiger partial charge is 0.0254 e. The van der Waals surface area contributed by atoms with E-state index >= 15 is 0 Å². The van der Waals surface area contributed by atoms with E-state index in [0.717, 1.165) is 17.3 Å². The summed E-state index contributed by atoms with van der Waals surface area (Å²) in [4.78, 5) is 0. The van der Waals surface area contributed by atoms with Crippen molar-refractivity contribution in [1.82, 2.24) is 0 Å². The third-order valence-corrected chi connectivity index (χ3v) is 9.30. The molecule has 0 saturated heterocycles. The fourth-order valence-electron chi connectivity index (χ4n) is 6.47. The van der Waals surface area contributed by atoms with E-state index < -0.39 is 0 Å². The van der Waals surface area contributed by atoms with E-state index in [2.05, 4.69) is 117 Å². The Labute approximate surface area is 213 Å². The first-order valence-electron chi connectivity index (χ1n) is 11.7. The Bertz CT molecular complexity index is 2020. The maximum atomic E-state index is 3.89. The molecule has 0 nitrogen and oxygen atoms in total. The van der Waals surface area contributed by atoms with Gasteiger partial charge in [-0.05, 0) is 101 Å². The fourth-order valence-corrected chi connectivity index (χ4v) is 7.46. The number of benzene rings is 5. The number of fused-ring (bicyclic) bond motifs is 6. The minimum Gasteiger partial charge on any atom is -0.0622 e. The molecule has 34 heavy (non-hydrogen) atoms. The van der Waals surface area contributed by atoms with Crippen molar-refractivity contribution < 1.29 is 0 Å². The normalized spacial score (nSPS) is 13.9. The molecule has 0 bridgehead atoms. The van der Waals surface area contributed by atoms with Crippen LogP contribution in [0.1, 0.15) is 12.0 Å². The Hall–Kier alpha value is -2.94. The quantitative estimate of drug-likeness (QED) is 0.187. The molecule has 0 spiro atoms. The number of rotatable bonds is 1. The Balaban J connectivity index is 1.75. The van der Waals surface area contributed by atoms with Crippen LogP contribution in [0.5, 0.6) is 0 Å². The molecular weight excluding hydrogens is 544 g/mol. The minimum absolute atomic E-state index is 1.06. The van der Waals surface area contributed by atoms with Gasteiger partial charge in [0.1, 0.15) is 0 Å². The van der Waals surface area contributed by atoms with Gasteiger partial charge in [-0.2, -0.15) is 0 Å². The van der Waals surface area contributed by atoms with Gasteiger partial charge in [0.15, 0.2) is 0 Å². The van der Waals surface area contributed by atoms with E-state index in [1.165, 1.54) is 80.3 Å². The third-order valence-electron chi connectivity index (χ3n) is 7.78. The van der Waals surface area contributed by atoms with Crippen molar-refractivity contribution in [2.45, 2.75) is 12.8 Å².